The number of carbonyl (C=O) groups excluding carboxylic acids is 3. The molecule has 0 saturated carbocycles. The van der Waals surface area contributed by atoms with E-state index >= 15 is 0 Å². The molecule has 1 N–H and O–H groups in total. The van der Waals surface area contributed by atoms with E-state index in [0.717, 1.165) is 0 Å². The van der Waals surface area contributed by atoms with Crippen LogP contribution in [0, 0.1) is 0 Å². The molecule has 2 fully saturated rings. The van der Waals surface area contributed by atoms with Crippen LogP contribution in [0.25, 0.3) is 0 Å². The van der Waals surface area contributed by atoms with Gasteiger partial charge in [0, 0.05) is 0 Å². The first-order valence-corrected chi connectivity index (χ1v) is 8.42. The van der Waals surface area contributed by atoms with Crippen LogP contribution >= 0.6 is 0 Å². The molecule has 3 aliphatic heterocycles. The lowest BCUT2D eigenvalue weighted by Gasteiger charge is -2.45. The maximum absolute atomic E-state index is 12.3. The van der Waals surface area contributed by atoms with E-state index in [1.807, 2.05) is 0 Å². The minimum Gasteiger partial charge on any atom is -0.465 e. The summed E-state index contributed by atoms with van der Waals surface area (Å²) in [5, 5.41) is 2.55. The predicted molar refractivity (Wildman–Crippen MR) is 90.5 cm³/mol. The van der Waals surface area contributed by atoms with Crippen LogP contribution < -0.4 is 15.0 Å². The Morgan fingerprint density at radius 1 is 1.30 bits per heavy atom. The van der Waals surface area contributed by atoms with Gasteiger partial charge in [-0.2, -0.15) is 0 Å². The molecule has 0 bridgehead atoms. The smallest absolute Gasteiger partial charge is 0.416 e. The average molecular weight is 377 g/mol. The third-order valence-corrected chi connectivity index (χ3v) is 4.18. The van der Waals surface area contributed by atoms with Crippen molar-refractivity contribution >= 4 is 29.7 Å². The first-order valence-electron chi connectivity index (χ1n) is 8.42. The topological polar surface area (TPSA) is 123 Å². The van der Waals surface area contributed by atoms with Crippen molar-refractivity contribution in [1.29, 1.82) is 0 Å². The number of aromatic nitrogens is 2. The van der Waals surface area contributed by atoms with Gasteiger partial charge < -0.3 is 19.5 Å². The first kappa shape index (κ1) is 17.3. The van der Waals surface area contributed by atoms with Gasteiger partial charge in [-0.15, -0.1) is 0 Å². The molecule has 2 saturated heterocycles. The second-order valence-electron chi connectivity index (χ2n) is 7.69. The van der Waals surface area contributed by atoms with Crippen LogP contribution in [0.3, 0.4) is 0 Å². The lowest BCUT2D eigenvalue weighted by Crippen LogP contribution is -2.66. The Balaban J connectivity index is 1.44. The molecule has 0 aromatic carbocycles. The Bertz CT molecular complexity index is 829. The standard InChI is InChI=1S/C16H19N5O6/c1-15(2,3)26-13(23)20-6-16(7-20)8-21(14(24)27-16)9-4-17-12-11(18-9)19-10(22)5-25-12/h4H,5-8H2,1-3H3,(H,18,19,22). The van der Waals surface area contributed by atoms with Crippen molar-refractivity contribution in [3.8, 4) is 5.88 Å². The number of hydrogen-bond acceptors (Lipinski definition) is 8. The number of rotatable bonds is 1. The summed E-state index contributed by atoms with van der Waals surface area (Å²) in [6, 6.07) is 0. The SMILES string of the molecule is CC(C)(C)OC(=O)N1CC2(C1)CN(c1cnc3c(n1)NC(=O)CO3)C(=O)O2. The van der Waals surface area contributed by atoms with Crippen molar-refractivity contribution in [2.75, 3.05) is 36.5 Å². The number of amides is 3. The first-order chi connectivity index (χ1) is 12.6. The Morgan fingerprint density at radius 3 is 2.74 bits per heavy atom. The molecule has 27 heavy (non-hydrogen) atoms. The lowest BCUT2D eigenvalue weighted by molar-refractivity contribution is -0.118. The summed E-state index contributed by atoms with van der Waals surface area (Å²) in [5.41, 5.74) is -1.39. The second-order valence-corrected chi connectivity index (χ2v) is 7.69. The molecule has 11 nitrogen and oxygen atoms in total. The van der Waals surface area contributed by atoms with Crippen LogP contribution in [0.15, 0.2) is 6.20 Å². The van der Waals surface area contributed by atoms with E-state index in [9.17, 15) is 14.4 Å². The number of hydrogen-bond donors (Lipinski definition) is 1. The van der Waals surface area contributed by atoms with Crippen molar-refractivity contribution < 1.29 is 28.6 Å². The number of nitrogens with zero attached hydrogens (tertiary/aromatic N) is 4. The fraction of sp³-hybridized carbons (Fsp3) is 0.562. The summed E-state index contributed by atoms with van der Waals surface area (Å²) < 4.78 is 15.9. The van der Waals surface area contributed by atoms with Gasteiger partial charge in [0.05, 0.1) is 25.8 Å². The number of carbonyl (C=O) groups is 3. The number of ether oxygens (including phenoxy) is 3. The fourth-order valence-electron chi connectivity index (χ4n) is 3.06. The van der Waals surface area contributed by atoms with Gasteiger partial charge in [0.2, 0.25) is 0 Å². The van der Waals surface area contributed by atoms with Gasteiger partial charge in [0.15, 0.2) is 23.8 Å². The Hall–Kier alpha value is -3.11. The summed E-state index contributed by atoms with van der Waals surface area (Å²) in [6.45, 7) is 5.92. The molecule has 0 unspecified atom stereocenters. The molecule has 1 spiro atoms. The molecular formula is C16H19N5O6. The zero-order chi connectivity index (χ0) is 19.4. The van der Waals surface area contributed by atoms with E-state index in [0.29, 0.717) is 0 Å². The van der Waals surface area contributed by atoms with Gasteiger partial charge in [-0.25, -0.2) is 19.6 Å². The quantitative estimate of drug-likeness (QED) is 0.761. The molecule has 0 aliphatic carbocycles. The van der Waals surface area contributed by atoms with Crippen LogP contribution in [0.5, 0.6) is 5.88 Å². The molecule has 4 rings (SSSR count). The van der Waals surface area contributed by atoms with Gasteiger partial charge >= 0.3 is 12.2 Å². The van der Waals surface area contributed by atoms with Gasteiger partial charge in [-0.05, 0) is 20.8 Å². The third kappa shape index (κ3) is 3.20. The zero-order valence-corrected chi connectivity index (χ0v) is 15.1. The summed E-state index contributed by atoms with van der Waals surface area (Å²) in [6.07, 6.45) is 0.341. The Morgan fingerprint density at radius 2 is 2.04 bits per heavy atom. The molecule has 0 atom stereocenters. The normalized spacial score (nSPS) is 20.4. The van der Waals surface area contributed by atoms with Gasteiger partial charge in [-0.1, -0.05) is 0 Å². The van der Waals surface area contributed by atoms with Crippen molar-refractivity contribution in [2.24, 2.45) is 0 Å². The minimum atomic E-state index is -0.800. The molecule has 3 aliphatic rings. The average Bonchev–Trinajstić information content (AvgIpc) is 2.89. The highest BCUT2D eigenvalue weighted by Crippen LogP contribution is 2.36. The molecule has 4 heterocycles. The monoisotopic (exact) mass is 377 g/mol. The number of likely N-dealkylation sites (tertiary alicyclic amines) is 1. The van der Waals surface area contributed by atoms with Crippen molar-refractivity contribution in [3.05, 3.63) is 6.20 Å². The minimum absolute atomic E-state index is 0.129. The van der Waals surface area contributed by atoms with E-state index in [-0.39, 0.29) is 49.7 Å². The van der Waals surface area contributed by atoms with Crippen molar-refractivity contribution in [1.82, 2.24) is 14.9 Å². The van der Waals surface area contributed by atoms with Gasteiger partial charge in [0.1, 0.15) is 5.60 Å². The molecule has 1 aromatic rings. The molecule has 144 valence electrons. The summed E-state index contributed by atoms with van der Waals surface area (Å²) in [5.74, 6) is 0.237. The Kier molecular flexibility index (Phi) is 3.65. The van der Waals surface area contributed by atoms with Gasteiger partial charge in [-0.3, -0.25) is 14.6 Å². The van der Waals surface area contributed by atoms with Crippen LogP contribution in [0.1, 0.15) is 20.8 Å². The highest BCUT2D eigenvalue weighted by Gasteiger charge is 2.56. The highest BCUT2D eigenvalue weighted by atomic mass is 16.6. The fourth-order valence-corrected chi connectivity index (χ4v) is 3.06. The largest absolute Gasteiger partial charge is 0.465 e. The van der Waals surface area contributed by atoms with E-state index in [1.165, 1.54) is 16.0 Å². The van der Waals surface area contributed by atoms with Crippen LogP contribution in [-0.2, 0) is 14.3 Å². The van der Waals surface area contributed by atoms with Crippen LogP contribution in [-0.4, -0.2) is 70.4 Å². The van der Waals surface area contributed by atoms with Crippen LogP contribution in [0.2, 0.25) is 0 Å². The summed E-state index contributed by atoms with van der Waals surface area (Å²) >= 11 is 0. The summed E-state index contributed by atoms with van der Waals surface area (Å²) in [7, 11) is 0. The van der Waals surface area contributed by atoms with E-state index in [4.69, 9.17) is 14.2 Å². The number of anilines is 2. The van der Waals surface area contributed by atoms with Crippen molar-refractivity contribution in [3.63, 3.8) is 0 Å². The molecule has 3 amide bonds. The predicted octanol–water partition coefficient (Wildman–Crippen LogP) is 0.754. The van der Waals surface area contributed by atoms with Crippen LogP contribution in [0.4, 0.5) is 21.2 Å². The highest BCUT2D eigenvalue weighted by molar-refractivity contribution is 5.95. The number of nitrogens with one attached hydrogen (secondary N) is 1. The Labute approximate surface area is 154 Å². The maximum Gasteiger partial charge on any atom is 0.416 e. The second kappa shape index (κ2) is 5.69. The maximum atomic E-state index is 12.3. The molecule has 0 radical (unpaired) electrons. The van der Waals surface area contributed by atoms with E-state index < -0.39 is 23.4 Å². The van der Waals surface area contributed by atoms with E-state index in [1.54, 1.807) is 20.8 Å². The number of fused-ring (bicyclic) bond motifs is 1. The third-order valence-electron chi connectivity index (χ3n) is 4.18. The van der Waals surface area contributed by atoms with Crippen molar-refractivity contribution in [2.45, 2.75) is 32.0 Å². The molecular weight excluding hydrogens is 358 g/mol. The van der Waals surface area contributed by atoms with Gasteiger partial charge in [0.25, 0.3) is 11.8 Å². The lowest BCUT2D eigenvalue weighted by atomic mass is 9.95. The molecule has 11 heteroatoms. The summed E-state index contributed by atoms with van der Waals surface area (Å²) in [4.78, 5) is 46.9. The zero-order valence-electron chi connectivity index (χ0n) is 15.1. The van der Waals surface area contributed by atoms with E-state index in [2.05, 4.69) is 15.3 Å². The molecule has 1 aromatic heterocycles.